The number of fused-ring (bicyclic) bond motifs is 1. The van der Waals surface area contributed by atoms with Crippen molar-refractivity contribution in [2.75, 3.05) is 19.8 Å². The van der Waals surface area contributed by atoms with Gasteiger partial charge in [0.1, 0.15) is 13.3 Å². The van der Waals surface area contributed by atoms with Gasteiger partial charge >= 0.3 is 6.09 Å². The van der Waals surface area contributed by atoms with E-state index in [2.05, 4.69) is 5.32 Å². The summed E-state index contributed by atoms with van der Waals surface area (Å²) in [5, 5.41) is 2.75. The number of halogens is 1. The predicted molar refractivity (Wildman–Crippen MR) is 71.0 cm³/mol. The number of amides is 1. The van der Waals surface area contributed by atoms with E-state index < -0.39 is 18.4 Å². The average Bonchev–Trinajstić information content (AvgIpc) is 3.00. The van der Waals surface area contributed by atoms with Gasteiger partial charge in [-0.1, -0.05) is 30.3 Å². The molecule has 20 heavy (non-hydrogen) atoms. The summed E-state index contributed by atoms with van der Waals surface area (Å²) in [5.74, 6) is 0. The fourth-order valence-electron chi connectivity index (χ4n) is 3.17. The van der Waals surface area contributed by atoms with Crippen molar-refractivity contribution >= 4 is 6.09 Å². The summed E-state index contributed by atoms with van der Waals surface area (Å²) in [7, 11) is 0. The maximum Gasteiger partial charge on any atom is 0.407 e. The van der Waals surface area contributed by atoms with E-state index in [1.54, 1.807) is 0 Å². The third-order valence-corrected chi connectivity index (χ3v) is 4.14. The molecule has 0 aromatic heterocycles. The van der Waals surface area contributed by atoms with Crippen molar-refractivity contribution in [1.29, 1.82) is 0 Å². The van der Waals surface area contributed by atoms with E-state index >= 15 is 0 Å². The van der Waals surface area contributed by atoms with Gasteiger partial charge in [0.2, 0.25) is 0 Å². The number of hydrogen-bond acceptors (Lipinski definition) is 3. The van der Waals surface area contributed by atoms with Crippen molar-refractivity contribution in [3.8, 4) is 0 Å². The minimum Gasteiger partial charge on any atom is -0.445 e. The van der Waals surface area contributed by atoms with Gasteiger partial charge in [0.05, 0.1) is 12.2 Å². The van der Waals surface area contributed by atoms with Crippen LogP contribution in [-0.4, -0.2) is 31.5 Å². The Morgan fingerprint density at radius 1 is 1.35 bits per heavy atom. The molecule has 2 heterocycles. The predicted octanol–water partition coefficient (Wildman–Crippen LogP) is 2.43. The molecular formula is C15H18FNO3. The Morgan fingerprint density at radius 3 is 2.75 bits per heavy atom. The second-order valence-electron chi connectivity index (χ2n) is 5.87. The van der Waals surface area contributed by atoms with Crippen LogP contribution < -0.4 is 5.32 Å². The Bertz CT molecular complexity index is 485. The third-order valence-electron chi connectivity index (χ3n) is 4.14. The van der Waals surface area contributed by atoms with Crippen molar-refractivity contribution in [3.63, 3.8) is 0 Å². The number of carbonyl (C=O) groups is 1. The molecule has 0 unspecified atom stereocenters. The molecule has 3 fully saturated rings. The van der Waals surface area contributed by atoms with Crippen LogP contribution in [0.1, 0.15) is 18.4 Å². The van der Waals surface area contributed by atoms with Crippen LogP contribution in [0.15, 0.2) is 30.3 Å². The second kappa shape index (κ2) is 5.05. The van der Waals surface area contributed by atoms with E-state index in [4.69, 9.17) is 9.47 Å². The number of carbonyl (C=O) groups excluding carboxylic acids is 1. The molecule has 1 aromatic carbocycles. The molecule has 1 saturated carbocycles. The highest BCUT2D eigenvalue weighted by Crippen LogP contribution is 2.57. The van der Waals surface area contributed by atoms with Crippen molar-refractivity contribution in [2.24, 2.45) is 5.41 Å². The van der Waals surface area contributed by atoms with Crippen LogP contribution in [0.25, 0.3) is 0 Å². The van der Waals surface area contributed by atoms with Gasteiger partial charge in [-0.25, -0.2) is 9.18 Å². The smallest absolute Gasteiger partial charge is 0.407 e. The van der Waals surface area contributed by atoms with Gasteiger partial charge < -0.3 is 14.8 Å². The van der Waals surface area contributed by atoms with Crippen molar-refractivity contribution in [1.82, 2.24) is 5.32 Å². The zero-order valence-corrected chi connectivity index (χ0v) is 11.2. The lowest BCUT2D eigenvalue weighted by Crippen LogP contribution is -2.51. The summed E-state index contributed by atoms with van der Waals surface area (Å²) in [5.41, 5.74) is 0.304. The molecule has 1 aromatic rings. The number of alkyl carbamates (subject to hydrolysis) is 1. The molecule has 5 heteroatoms. The lowest BCUT2D eigenvalue weighted by atomic mass is 9.63. The van der Waals surface area contributed by atoms with Crippen molar-refractivity contribution in [2.45, 2.75) is 25.0 Å². The number of alkyl halides is 1. The Kier molecular flexibility index (Phi) is 3.38. The highest BCUT2D eigenvalue weighted by Gasteiger charge is 2.62. The molecule has 4 rings (SSSR count). The molecule has 3 aliphatic rings. The van der Waals surface area contributed by atoms with Gasteiger partial charge in [-0.2, -0.15) is 0 Å². The summed E-state index contributed by atoms with van der Waals surface area (Å²) in [6.45, 7) is 0.829. The van der Waals surface area contributed by atoms with Gasteiger partial charge in [0.25, 0.3) is 0 Å². The van der Waals surface area contributed by atoms with E-state index in [0.717, 1.165) is 5.56 Å². The van der Waals surface area contributed by atoms with Crippen molar-refractivity contribution in [3.05, 3.63) is 35.9 Å². The molecule has 1 amide bonds. The van der Waals surface area contributed by atoms with Crippen LogP contribution >= 0.6 is 0 Å². The first-order valence-electron chi connectivity index (χ1n) is 6.80. The van der Waals surface area contributed by atoms with E-state index in [1.165, 1.54) is 0 Å². The van der Waals surface area contributed by atoms with Gasteiger partial charge in [0, 0.05) is 12.0 Å². The zero-order valence-electron chi connectivity index (χ0n) is 11.2. The molecule has 108 valence electrons. The number of hydrogen-bond donors (Lipinski definition) is 1. The molecule has 2 bridgehead atoms. The van der Waals surface area contributed by atoms with Crippen LogP contribution in [0.2, 0.25) is 0 Å². The maximum atomic E-state index is 12.8. The number of rotatable bonds is 5. The normalized spacial score (nSPS) is 30.6. The number of ether oxygens (including phenoxy) is 2. The fraction of sp³-hybridized carbons (Fsp3) is 0.533. The molecule has 0 spiro atoms. The molecule has 1 N–H and O–H groups in total. The first kappa shape index (κ1) is 13.4. The van der Waals surface area contributed by atoms with Crippen LogP contribution in [0, 0.1) is 5.41 Å². The highest BCUT2D eigenvalue weighted by molar-refractivity contribution is 5.67. The Balaban J connectivity index is 1.40. The quantitative estimate of drug-likeness (QED) is 0.900. The number of benzene rings is 1. The Labute approximate surface area is 117 Å². The topological polar surface area (TPSA) is 47.6 Å². The van der Waals surface area contributed by atoms with E-state index in [1.807, 2.05) is 30.3 Å². The summed E-state index contributed by atoms with van der Waals surface area (Å²) < 4.78 is 23.4. The highest BCUT2D eigenvalue weighted by atomic mass is 19.1. The third kappa shape index (κ3) is 2.50. The molecule has 0 atom stereocenters. The molecule has 2 saturated heterocycles. The minimum atomic E-state index is -0.560. The molecule has 2 aliphatic heterocycles. The summed E-state index contributed by atoms with van der Waals surface area (Å²) in [6, 6.07) is 9.51. The van der Waals surface area contributed by atoms with Crippen LogP contribution in [0.5, 0.6) is 0 Å². The SMILES string of the molecule is O=C(NCC12COC(CF)(C1)C2)OCc1ccccc1. The van der Waals surface area contributed by atoms with Gasteiger partial charge in [0.15, 0.2) is 0 Å². The van der Waals surface area contributed by atoms with E-state index in [0.29, 0.717) is 26.0 Å². The lowest BCUT2D eigenvalue weighted by Gasteiger charge is -2.42. The Morgan fingerprint density at radius 2 is 2.10 bits per heavy atom. The second-order valence-corrected chi connectivity index (χ2v) is 5.87. The maximum absolute atomic E-state index is 12.8. The van der Waals surface area contributed by atoms with Gasteiger partial charge in [-0.05, 0) is 18.4 Å². The van der Waals surface area contributed by atoms with E-state index in [-0.39, 0.29) is 12.0 Å². The van der Waals surface area contributed by atoms with Crippen molar-refractivity contribution < 1.29 is 18.7 Å². The van der Waals surface area contributed by atoms with Crippen LogP contribution in [0.4, 0.5) is 9.18 Å². The minimum absolute atomic E-state index is 0.0855. The Hall–Kier alpha value is -1.62. The van der Waals surface area contributed by atoms with E-state index in [9.17, 15) is 9.18 Å². The number of nitrogens with one attached hydrogen (secondary N) is 1. The zero-order chi connectivity index (χ0) is 14.1. The molecule has 0 radical (unpaired) electrons. The van der Waals surface area contributed by atoms with Crippen LogP contribution in [-0.2, 0) is 16.1 Å². The monoisotopic (exact) mass is 279 g/mol. The molecular weight excluding hydrogens is 261 g/mol. The molecule has 4 nitrogen and oxygen atoms in total. The fourth-order valence-corrected chi connectivity index (χ4v) is 3.17. The lowest BCUT2D eigenvalue weighted by molar-refractivity contribution is -0.0341. The van der Waals surface area contributed by atoms with Gasteiger partial charge in [-0.3, -0.25) is 0 Å². The largest absolute Gasteiger partial charge is 0.445 e. The average molecular weight is 279 g/mol. The summed E-state index contributed by atoms with van der Waals surface area (Å²) in [6.07, 6.45) is 0.943. The first-order chi connectivity index (χ1) is 9.65. The first-order valence-corrected chi connectivity index (χ1v) is 6.80. The van der Waals surface area contributed by atoms with Gasteiger partial charge in [-0.15, -0.1) is 0 Å². The standard InChI is InChI=1S/C15H18FNO3/c16-9-15-7-14(8-15,11-20-15)10-17-13(18)19-6-12-4-2-1-3-5-12/h1-5H,6-11H2,(H,17,18). The van der Waals surface area contributed by atoms with Crippen LogP contribution in [0.3, 0.4) is 0 Å². The summed E-state index contributed by atoms with van der Waals surface area (Å²) >= 11 is 0. The summed E-state index contributed by atoms with van der Waals surface area (Å²) in [4.78, 5) is 11.6. The molecule has 1 aliphatic carbocycles.